The lowest BCUT2D eigenvalue weighted by molar-refractivity contribution is -0.136. The Morgan fingerprint density at radius 1 is 1.36 bits per heavy atom. The maximum Gasteiger partial charge on any atom is 0.245 e. The van der Waals surface area contributed by atoms with E-state index in [1.54, 1.807) is 6.92 Å². The molecule has 0 spiro atoms. The predicted octanol–water partition coefficient (Wildman–Crippen LogP) is 2.27. The van der Waals surface area contributed by atoms with Crippen molar-refractivity contribution in [2.24, 2.45) is 0 Å². The summed E-state index contributed by atoms with van der Waals surface area (Å²) in [5.74, 6) is 0.637. The Kier molecular flexibility index (Phi) is 5.41. The number of likely N-dealkylation sites (tertiary alicyclic amines) is 1. The van der Waals surface area contributed by atoms with Gasteiger partial charge in [0.2, 0.25) is 11.8 Å². The van der Waals surface area contributed by atoms with E-state index < -0.39 is 6.04 Å². The van der Waals surface area contributed by atoms with Gasteiger partial charge in [0.15, 0.2) is 0 Å². The summed E-state index contributed by atoms with van der Waals surface area (Å²) in [6.45, 7) is 6.49. The van der Waals surface area contributed by atoms with Crippen LogP contribution in [-0.4, -0.2) is 35.9 Å². The van der Waals surface area contributed by atoms with Gasteiger partial charge in [-0.05, 0) is 44.4 Å². The van der Waals surface area contributed by atoms with E-state index in [9.17, 15) is 9.59 Å². The minimum absolute atomic E-state index is 0.0217. The number of nitrogens with one attached hydrogen (secondary N) is 1. The molecule has 1 aliphatic heterocycles. The second kappa shape index (κ2) is 7.29. The number of hydrogen-bond donors (Lipinski definition) is 1. The average Bonchev–Trinajstić information content (AvgIpc) is 2.96. The fourth-order valence-electron chi connectivity index (χ4n) is 2.95. The zero-order chi connectivity index (χ0) is 16.1. The molecule has 2 amide bonds. The number of ether oxygens (including phenoxy) is 1. The van der Waals surface area contributed by atoms with Crippen molar-refractivity contribution >= 4 is 11.8 Å². The summed E-state index contributed by atoms with van der Waals surface area (Å²) < 4.78 is 5.45. The molecular formula is C17H24N2O3. The number of carbonyl (C=O) groups is 2. The molecule has 5 heteroatoms. The highest BCUT2D eigenvalue weighted by molar-refractivity contribution is 5.87. The largest absolute Gasteiger partial charge is 0.494 e. The molecule has 1 saturated heterocycles. The van der Waals surface area contributed by atoms with Crippen LogP contribution in [0, 0.1) is 0 Å². The highest BCUT2D eigenvalue weighted by Gasteiger charge is 2.32. The Bertz CT molecular complexity index is 527. The minimum atomic E-state index is -0.485. The average molecular weight is 304 g/mol. The van der Waals surface area contributed by atoms with Crippen LogP contribution in [0.4, 0.5) is 0 Å². The molecule has 2 unspecified atom stereocenters. The Morgan fingerprint density at radius 3 is 2.64 bits per heavy atom. The van der Waals surface area contributed by atoms with E-state index in [1.165, 1.54) is 6.92 Å². The molecular weight excluding hydrogens is 280 g/mol. The van der Waals surface area contributed by atoms with Crippen molar-refractivity contribution in [2.75, 3.05) is 13.2 Å². The summed E-state index contributed by atoms with van der Waals surface area (Å²) in [6.07, 6.45) is 1.93. The lowest BCUT2D eigenvalue weighted by atomic mass is 10.0. The van der Waals surface area contributed by atoms with Gasteiger partial charge in [-0.1, -0.05) is 12.1 Å². The van der Waals surface area contributed by atoms with E-state index in [0.717, 1.165) is 30.7 Å². The van der Waals surface area contributed by atoms with Crippen LogP contribution < -0.4 is 10.1 Å². The van der Waals surface area contributed by atoms with Crippen LogP contribution in [-0.2, 0) is 9.59 Å². The van der Waals surface area contributed by atoms with Crippen molar-refractivity contribution in [1.82, 2.24) is 10.2 Å². The van der Waals surface area contributed by atoms with Gasteiger partial charge in [0.05, 0.1) is 12.6 Å². The summed E-state index contributed by atoms with van der Waals surface area (Å²) in [7, 11) is 0. The van der Waals surface area contributed by atoms with E-state index in [-0.39, 0.29) is 17.9 Å². The van der Waals surface area contributed by atoms with Gasteiger partial charge in [-0.25, -0.2) is 0 Å². The maximum absolute atomic E-state index is 12.5. The van der Waals surface area contributed by atoms with Crippen molar-refractivity contribution in [1.29, 1.82) is 0 Å². The number of hydrogen-bond acceptors (Lipinski definition) is 3. The molecule has 0 bridgehead atoms. The monoisotopic (exact) mass is 304 g/mol. The SMILES string of the molecule is CCOc1ccc(C2CCCN2C(=O)C(C)NC(C)=O)cc1. The van der Waals surface area contributed by atoms with Crippen LogP contribution in [0.3, 0.4) is 0 Å². The minimum Gasteiger partial charge on any atom is -0.494 e. The number of rotatable bonds is 5. The lowest BCUT2D eigenvalue weighted by Crippen LogP contribution is -2.46. The van der Waals surface area contributed by atoms with Crippen molar-refractivity contribution < 1.29 is 14.3 Å². The van der Waals surface area contributed by atoms with Gasteiger partial charge >= 0.3 is 0 Å². The van der Waals surface area contributed by atoms with Crippen molar-refractivity contribution in [3.05, 3.63) is 29.8 Å². The number of nitrogens with zero attached hydrogens (tertiary/aromatic N) is 1. The standard InChI is InChI=1S/C17H24N2O3/c1-4-22-15-9-7-14(8-10-15)16-6-5-11-19(16)17(21)12(2)18-13(3)20/h7-10,12,16H,4-6,11H2,1-3H3,(H,18,20). The fourth-order valence-corrected chi connectivity index (χ4v) is 2.95. The maximum atomic E-state index is 12.5. The quantitative estimate of drug-likeness (QED) is 0.908. The van der Waals surface area contributed by atoms with Gasteiger partial charge in [-0.15, -0.1) is 0 Å². The topological polar surface area (TPSA) is 58.6 Å². The normalized spacial score (nSPS) is 18.9. The van der Waals surface area contributed by atoms with Crippen LogP contribution in [0.5, 0.6) is 5.75 Å². The first-order valence-electron chi connectivity index (χ1n) is 7.83. The van der Waals surface area contributed by atoms with Gasteiger partial charge in [0.25, 0.3) is 0 Å². The number of benzene rings is 1. The zero-order valence-corrected chi connectivity index (χ0v) is 13.5. The van der Waals surface area contributed by atoms with Crippen molar-refractivity contribution in [2.45, 2.75) is 45.7 Å². The van der Waals surface area contributed by atoms with E-state index in [1.807, 2.05) is 36.1 Å². The van der Waals surface area contributed by atoms with Gasteiger partial charge in [0.1, 0.15) is 11.8 Å². The molecule has 1 fully saturated rings. The Hall–Kier alpha value is -2.04. The Labute approximate surface area is 131 Å². The van der Waals surface area contributed by atoms with Gasteiger partial charge in [-0.3, -0.25) is 9.59 Å². The molecule has 0 saturated carbocycles. The second-order valence-electron chi connectivity index (χ2n) is 5.61. The first-order valence-corrected chi connectivity index (χ1v) is 7.83. The smallest absolute Gasteiger partial charge is 0.245 e. The molecule has 5 nitrogen and oxygen atoms in total. The molecule has 1 N–H and O–H groups in total. The van der Waals surface area contributed by atoms with E-state index >= 15 is 0 Å². The molecule has 1 aromatic rings. The van der Waals surface area contributed by atoms with E-state index in [4.69, 9.17) is 4.74 Å². The molecule has 0 radical (unpaired) electrons. The molecule has 2 rings (SSSR count). The molecule has 22 heavy (non-hydrogen) atoms. The molecule has 1 aliphatic rings. The molecule has 1 aromatic carbocycles. The third-order valence-electron chi connectivity index (χ3n) is 3.90. The Balaban J connectivity index is 2.09. The third kappa shape index (κ3) is 3.78. The molecule has 2 atom stereocenters. The van der Waals surface area contributed by atoms with E-state index in [2.05, 4.69) is 5.32 Å². The van der Waals surface area contributed by atoms with E-state index in [0.29, 0.717) is 6.61 Å². The highest BCUT2D eigenvalue weighted by atomic mass is 16.5. The van der Waals surface area contributed by atoms with Crippen molar-refractivity contribution in [3.8, 4) is 5.75 Å². The van der Waals surface area contributed by atoms with Crippen molar-refractivity contribution in [3.63, 3.8) is 0 Å². The molecule has 1 heterocycles. The van der Waals surface area contributed by atoms with Crippen LogP contribution in [0.25, 0.3) is 0 Å². The molecule has 120 valence electrons. The van der Waals surface area contributed by atoms with Crippen LogP contribution in [0.1, 0.15) is 45.2 Å². The fraction of sp³-hybridized carbons (Fsp3) is 0.529. The third-order valence-corrected chi connectivity index (χ3v) is 3.90. The number of amides is 2. The lowest BCUT2D eigenvalue weighted by Gasteiger charge is -2.28. The Morgan fingerprint density at radius 2 is 2.05 bits per heavy atom. The summed E-state index contributed by atoms with van der Waals surface area (Å²) in [6, 6.07) is 7.52. The summed E-state index contributed by atoms with van der Waals surface area (Å²) in [4.78, 5) is 25.5. The summed E-state index contributed by atoms with van der Waals surface area (Å²) >= 11 is 0. The molecule has 0 aromatic heterocycles. The first-order chi connectivity index (χ1) is 10.5. The van der Waals surface area contributed by atoms with Crippen LogP contribution in [0.2, 0.25) is 0 Å². The van der Waals surface area contributed by atoms with Crippen LogP contribution in [0.15, 0.2) is 24.3 Å². The van der Waals surface area contributed by atoms with Gasteiger partial charge in [0, 0.05) is 13.5 Å². The second-order valence-corrected chi connectivity index (χ2v) is 5.61. The predicted molar refractivity (Wildman–Crippen MR) is 84.6 cm³/mol. The van der Waals surface area contributed by atoms with Gasteiger partial charge in [-0.2, -0.15) is 0 Å². The summed E-state index contributed by atoms with van der Waals surface area (Å²) in [5.41, 5.74) is 1.12. The van der Waals surface area contributed by atoms with Gasteiger partial charge < -0.3 is 15.0 Å². The summed E-state index contributed by atoms with van der Waals surface area (Å²) in [5, 5.41) is 2.67. The molecule has 0 aliphatic carbocycles. The first kappa shape index (κ1) is 16.3. The van der Waals surface area contributed by atoms with Crippen LogP contribution >= 0.6 is 0 Å². The highest BCUT2D eigenvalue weighted by Crippen LogP contribution is 2.33. The zero-order valence-electron chi connectivity index (χ0n) is 13.5. The number of carbonyl (C=O) groups excluding carboxylic acids is 2.